The zero-order valence-electron chi connectivity index (χ0n) is 12.0. The van der Waals surface area contributed by atoms with Crippen LogP contribution in [-0.2, 0) is 0 Å². The number of nitrogens with one attached hydrogen (secondary N) is 3. The highest BCUT2D eigenvalue weighted by atomic mass is 19.1. The van der Waals surface area contributed by atoms with Crippen molar-refractivity contribution in [2.75, 3.05) is 17.7 Å². The Morgan fingerprint density at radius 2 is 1.67 bits per heavy atom. The van der Waals surface area contributed by atoms with Gasteiger partial charge >= 0.3 is 6.03 Å². The second kappa shape index (κ2) is 6.85. The van der Waals surface area contributed by atoms with Crippen LogP contribution in [0.1, 0.15) is 18.5 Å². The highest BCUT2D eigenvalue weighted by Gasteiger charge is 2.06. The summed E-state index contributed by atoms with van der Waals surface area (Å²) in [5.41, 5.74) is 2.16. The third kappa shape index (κ3) is 4.29. The van der Waals surface area contributed by atoms with Gasteiger partial charge in [-0.2, -0.15) is 0 Å². The van der Waals surface area contributed by atoms with E-state index in [0.29, 0.717) is 11.4 Å². The summed E-state index contributed by atoms with van der Waals surface area (Å²) in [7, 11) is 1.88. The molecule has 0 aliphatic heterocycles. The summed E-state index contributed by atoms with van der Waals surface area (Å²) >= 11 is 0. The zero-order valence-corrected chi connectivity index (χ0v) is 12.0. The van der Waals surface area contributed by atoms with Crippen LogP contribution in [0.25, 0.3) is 0 Å². The average molecular weight is 287 g/mol. The third-order valence-electron chi connectivity index (χ3n) is 3.16. The molecule has 1 atom stereocenters. The van der Waals surface area contributed by atoms with Crippen molar-refractivity contribution in [1.82, 2.24) is 5.32 Å². The van der Waals surface area contributed by atoms with Crippen molar-refractivity contribution in [2.45, 2.75) is 13.0 Å². The van der Waals surface area contributed by atoms with E-state index in [0.717, 1.165) is 5.56 Å². The smallest absolute Gasteiger partial charge is 0.313 e. The van der Waals surface area contributed by atoms with Gasteiger partial charge in [-0.05, 0) is 49.9 Å². The Morgan fingerprint density at radius 3 is 2.29 bits per heavy atom. The van der Waals surface area contributed by atoms with Gasteiger partial charge in [-0.1, -0.05) is 18.2 Å². The normalized spacial score (nSPS) is 11.8. The maximum absolute atomic E-state index is 13.0. The topological polar surface area (TPSA) is 53.2 Å². The summed E-state index contributed by atoms with van der Waals surface area (Å²) in [4.78, 5) is 11.9. The van der Waals surface area contributed by atoms with Crippen molar-refractivity contribution in [1.29, 1.82) is 0 Å². The third-order valence-corrected chi connectivity index (χ3v) is 3.16. The maximum atomic E-state index is 13.0. The van der Waals surface area contributed by atoms with Gasteiger partial charge in [0, 0.05) is 17.4 Å². The number of urea groups is 1. The number of hydrogen-bond acceptors (Lipinski definition) is 2. The zero-order chi connectivity index (χ0) is 15.2. The molecule has 4 nitrogen and oxygen atoms in total. The van der Waals surface area contributed by atoms with E-state index in [2.05, 4.69) is 16.0 Å². The molecule has 110 valence electrons. The van der Waals surface area contributed by atoms with Crippen molar-refractivity contribution < 1.29 is 9.18 Å². The van der Waals surface area contributed by atoms with Gasteiger partial charge < -0.3 is 16.0 Å². The Morgan fingerprint density at radius 1 is 1.05 bits per heavy atom. The Hall–Kier alpha value is -2.40. The molecule has 0 bridgehead atoms. The van der Waals surface area contributed by atoms with Crippen LogP contribution in [0, 0.1) is 5.82 Å². The molecule has 5 heteroatoms. The predicted octanol–water partition coefficient (Wildman–Crippen LogP) is 3.75. The molecule has 3 N–H and O–H groups in total. The quantitative estimate of drug-likeness (QED) is 0.802. The molecule has 2 amide bonds. The van der Waals surface area contributed by atoms with E-state index < -0.39 is 11.8 Å². The Balaban J connectivity index is 2.02. The lowest BCUT2D eigenvalue weighted by atomic mass is 10.1. The van der Waals surface area contributed by atoms with Gasteiger partial charge in [0.05, 0.1) is 0 Å². The van der Waals surface area contributed by atoms with E-state index in [-0.39, 0.29) is 6.04 Å². The first-order chi connectivity index (χ1) is 10.1. The second-order valence-corrected chi connectivity index (χ2v) is 4.73. The lowest BCUT2D eigenvalue weighted by Gasteiger charge is -2.13. The van der Waals surface area contributed by atoms with Crippen molar-refractivity contribution in [2.24, 2.45) is 0 Å². The summed E-state index contributed by atoms with van der Waals surface area (Å²) in [6.07, 6.45) is 0. The van der Waals surface area contributed by atoms with E-state index in [9.17, 15) is 9.18 Å². The molecule has 2 rings (SSSR count). The molecule has 0 radical (unpaired) electrons. The summed E-state index contributed by atoms with van der Waals surface area (Å²) < 4.78 is 13.0. The summed E-state index contributed by atoms with van der Waals surface area (Å²) in [6.45, 7) is 2.03. The molecule has 21 heavy (non-hydrogen) atoms. The fourth-order valence-corrected chi connectivity index (χ4v) is 1.91. The van der Waals surface area contributed by atoms with Gasteiger partial charge in [-0.3, -0.25) is 0 Å². The molecule has 0 aromatic heterocycles. The van der Waals surface area contributed by atoms with Crippen LogP contribution < -0.4 is 16.0 Å². The standard InChI is InChI=1S/C16H18FN3O/c1-11(18-2)12-5-3-7-14(9-12)19-16(21)20-15-8-4-6-13(17)10-15/h3-11,18H,1-2H3,(H2,19,20,21). The van der Waals surface area contributed by atoms with Crippen molar-refractivity contribution in [3.63, 3.8) is 0 Å². The molecule has 0 saturated heterocycles. The van der Waals surface area contributed by atoms with Gasteiger partial charge in [0.1, 0.15) is 5.82 Å². The van der Waals surface area contributed by atoms with Gasteiger partial charge in [0.15, 0.2) is 0 Å². The van der Waals surface area contributed by atoms with Crippen LogP contribution in [0.5, 0.6) is 0 Å². The number of halogens is 1. The lowest BCUT2D eigenvalue weighted by Crippen LogP contribution is -2.20. The molecule has 0 spiro atoms. The molecule has 2 aromatic carbocycles. The molecule has 1 unspecified atom stereocenters. The van der Waals surface area contributed by atoms with Crippen LogP contribution >= 0.6 is 0 Å². The Labute approximate surface area is 123 Å². The van der Waals surface area contributed by atoms with Crippen LogP contribution in [0.15, 0.2) is 48.5 Å². The van der Waals surface area contributed by atoms with Crippen molar-refractivity contribution in [3.8, 4) is 0 Å². The highest BCUT2D eigenvalue weighted by Crippen LogP contribution is 2.17. The SMILES string of the molecule is CNC(C)c1cccc(NC(=O)Nc2cccc(F)c2)c1. The number of hydrogen-bond donors (Lipinski definition) is 3. The van der Waals surface area contributed by atoms with Gasteiger partial charge in [0.2, 0.25) is 0 Å². The molecule has 2 aromatic rings. The van der Waals surface area contributed by atoms with Gasteiger partial charge in [-0.25, -0.2) is 9.18 Å². The fraction of sp³-hybridized carbons (Fsp3) is 0.188. The summed E-state index contributed by atoms with van der Waals surface area (Å²) in [6, 6.07) is 13.1. The second-order valence-electron chi connectivity index (χ2n) is 4.73. The molecular formula is C16H18FN3O. The maximum Gasteiger partial charge on any atom is 0.323 e. The molecular weight excluding hydrogens is 269 g/mol. The monoisotopic (exact) mass is 287 g/mol. The first kappa shape index (κ1) is 15.0. The number of amides is 2. The van der Waals surface area contributed by atoms with E-state index in [1.54, 1.807) is 18.2 Å². The largest absolute Gasteiger partial charge is 0.323 e. The van der Waals surface area contributed by atoms with E-state index in [1.165, 1.54) is 12.1 Å². The predicted molar refractivity (Wildman–Crippen MR) is 83.0 cm³/mol. The first-order valence-electron chi connectivity index (χ1n) is 6.69. The average Bonchev–Trinajstić information content (AvgIpc) is 2.46. The van der Waals surface area contributed by atoms with Crippen molar-refractivity contribution >= 4 is 17.4 Å². The van der Waals surface area contributed by atoms with Crippen LogP contribution in [0.2, 0.25) is 0 Å². The number of rotatable bonds is 4. The van der Waals surface area contributed by atoms with E-state index in [1.807, 2.05) is 32.2 Å². The summed E-state index contributed by atoms with van der Waals surface area (Å²) in [5, 5.41) is 8.45. The number of carbonyl (C=O) groups excluding carboxylic acids is 1. The lowest BCUT2D eigenvalue weighted by molar-refractivity contribution is 0.262. The van der Waals surface area contributed by atoms with E-state index in [4.69, 9.17) is 0 Å². The highest BCUT2D eigenvalue weighted by molar-refractivity contribution is 5.99. The molecule has 0 saturated carbocycles. The molecule has 0 fully saturated rings. The number of carbonyl (C=O) groups is 1. The van der Waals surface area contributed by atoms with E-state index >= 15 is 0 Å². The van der Waals surface area contributed by atoms with Crippen LogP contribution in [0.3, 0.4) is 0 Å². The van der Waals surface area contributed by atoms with Gasteiger partial charge in [-0.15, -0.1) is 0 Å². The molecule has 0 aliphatic carbocycles. The van der Waals surface area contributed by atoms with Crippen LogP contribution in [0.4, 0.5) is 20.6 Å². The Kier molecular flexibility index (Phi) is 4.90. The van der Waals surface area contributed by atoms with Crippen molar-refractivity contribution in [3.05, 3.63) is 59.9 Å². The summed E-state index contributed by atoms with van der Waals surface area (Å²) in [5.74, 6) is -0.391. The minimum absolute atomic E-state index is 0.193. The minimum Gasteiger partial charge on any atom is -0.313 e. The molecule has 0 aliphatic rings. The number of benzene rings is 2. The Bertz CT molecular complexity index is 630. The number of anilines is 2. The van der Waals surface area contributed by atoms with Gasteiger partial charge in [0.25, 0.3) is 0 Å². The van der Waals surface area contributed by atoms with Crippen LogP contribution in [-0.4, -0.2) is 13.1 Å². The first-order valence-corrected chi connectivity index (χ1v) is 6.69. The fourth-order valence-electron chi connectivity index (χ4n) is 1.91. The molecule has 0 heterocycles. The minimum atomic E-state index is -0.408.